The van der Waals surface area contributed by atoms with Gasteiger partial charge < -0.3 is 4.74 Å². The molecule has 0 amide bonds. The van der Waals surface area contributed by atoms with Gasteiger partial charge in [-0.3, -0.25) is 14.9 Å². The zero-order valence-corrected chi connectivity index (χ0v) is 37.7. The maximum absolute atomic E-state index is 15.4. The van der Waals surface area contributed by atoms with Gasteiger partial charge >= 0.3 is 5.97 Å². The number of nitrogens with zero attached hydrogens (tertiary/aromatic N) is 1. The molecule has 4 aliphatic carbocycles. The summed E-state index contributed by atoms with van der Waals surface area (Å²) in [7, 11) is 0. The molecule has 61 heavy (non-hydrogen) atoms. The first-order valence-electron chi connectivity index (χ1n) is 23.0. The van der Waals surface area contributed by atoms with Gasteiger partial charge in [0.1, 0.15) is 11.4 Å². The maximum atomic E-state index is 15.4. The van der Waals surface area contributed by atoms with Crippen molar-refractivity contribution >= 4 is 45.5 Å². The standard InChI is InChI=1S/C54H64NO5P/c1-37(2)17-15-18-38(3)47-29-30-48-46-28-27-40-36-42(31-33-53(40,4)49(46)32-34-54(47,48)5)60-52(57)51(50(56)39-19-16-20-41(35-39)55(58)59)61(43-21-9-6-10-22-43,44-23-11-7-12-24-44)45-25-13-8-14-26-45/h6-14,16,19-27,35,37-38,42,46-49H,15,17-18,28-34,36H2,1-5H3. The van der Waals surface area contributed by atoms with Crippen LogP contribution in [0, 0.1) is 56.5 Å². The Morgan fingerprint density at radius 3 is 1.98 bits per heavy atom. The first-order chi connectivity index (χ1) is 29.4. The first kappa shape index (κ1) is 43.1. The van der Waals surface area contributed by atoms with Crippen LogP contribution in [-0.4, -0.2) is 28.1 Å². The van der Waals surface area contributed by atoms with Gasteiger partial charge in [-0.15, -0.1) is 0 Å². The van der Waals surface area contributed by atoms with Crippen LogP contribution in [-0.2, 0) is 9.53 Å². The number of ketones is 1. The van der Waals surface area contributed by atoms with E-state index in [0.29, 0.717) is 23.7 Å². The van der Waals surface area contributed by atoms with Crippen molar-refractivity contribution in [3.8, 4) is 0 Å². The zero-order valence-electron chi connectivity index (χ0n) is 36.8. The Balaban J connectivity index is 1.15. The second-order valence-electron chi connectivity index (χ2n) is 19.7. The molecule has 0 spiro atoms. The Labute approximate surface area is 363 Å². The van der Waals surface area contributed by atoms with Crippen LogP contribution >= 0.6 is 6.89 Å². The topological polar surface area (TPSA) is 86.5 Å². The van der Waals surface area contributed by atoms with E-state index in [-0.39, 0.29) is 22.0 Å². The third-order valence-electron chi connectivity index (χ3n) is 16.0. The fourth-order valence-electron chi connectivity index (χ4n) is 13.0. The summed E-state index contributed by atoms with van der Waals surface area (Å²) >= 11 is 0. The summed E-state index contributed by atoms with van der Waals surface area (Å²) in [5, 5.41) is 14.5. The van der Waals surface area contributed by atoms with Crippen LogP contribution in [0.1, 0.15) is 116 Å². The Morgan fingerprint density at radius 1 is 0.770 bits per heavy atom. The number of Topliss-reactive ketones (excluding diaryl/α,β-unsaturated/α-hetero) is 1. The predicted molar refractivity (Wildman–Crippen MR) is 251 cm³/mol. The molecule has 8 unspecified atom stereocenters. The molecule has 0 aliphatic heterocycles. The number of fused-ring (bicyclic) bond motifs is 5. The zero-order chi connectivity index (χ0) is 42.9. The van der Waals surface area contributed by atoms with E-state index in [0.717, 1.165) is 58.8 Å². The first-order valence-corrected chi connectivity index (χ1v) is 24.8. The highest BCUT2D eigenvalue weighted by atomic mass is 31.2. The Kier molecular flexibility index (Phi) is 12.5. The second-order valence-corrected chi connectivity index (χ2v) is 23.1. The molecular formula is C54H64NO5P. The van der Waals surface area contributed by atoms with Gasteiger partial charge in [-0.25, -0.2) is 4.79 Å². The third-order valence-corrected chi connectivity index (χ3v) is 20.3. The summed E-state index contributed by atoms with van der Waals surface area (Å²) < 4.78 is 6.70. The molecule has 3 saturated carbocycles. The van der Waals surface area contributed by atoms with Gasteiger partial charge in [0.25, 0.3) is 5.69 Å². The van der Waals surface area contributed by atoms with Crippen molar-refractivity contribution in [2.24, 2.45) is 46.3 Å². The fraction of sp³-hybridized carbons (Fsp3) is 0.463. The number of ether oxygens (including phenoxy) is 1. The second kappa shape index (κ2) is 17.7. The normalized spacial score (nSPS) is 27.5. The lowest BCUT2D eigenvalue weighted by atomic mass is 9.47. The van der Waals surface area contributed by atoms with Crippen molar-refractivity contribution in [2.75, 3.05) is 0 Å². The number of esters is 1. The van der Waals surface area contributed by atoms with Crippen molar-refractivity contribution < 1.29 is 19.2 Å². The van der Waals surface area contributed by atoms with E-state index in [2.05, 4.69) is 40.7 Å². The molecule has 0 bridgehead atoms. The fourth-order valence-corrected chi connectivity index (χ4v) is 17.3. The molecule has 4 aromatic carbocycles. The number of nitro groups is 1. The predicted octanol–water partition coefficient (Wildman–Crippen LogP) is 11.9. The Morgan fingerprint density at radius 2 is 1.39 bits per heavy atom. The van der Waals surface area contributed by atoms with Gasteiger partial charge in [0, 0.05) is 24.1 Å². The summed E-state index contributed by atoms with van der Waals surface area (Å²) in [6, 6.07) is 35.1. The smallest absolute Gasteiger partial charge is 0.343 e. The minimum Gasteiger partial charge on any atom is -0.458 e. The molecule has 0 saturated heterocycles. The maximum Gasteiger partial charge on any atom is 0.343 e. The van der Waals surface area contributed by atoms with Gasteiger partial charge in [-0.1, -0.05) is 169 Å². The highest BCUT2D eigenvalue weighted by Crippen LogP contribution is 2.67. The molecule has 4 aromatic rings. The Bertz CT molecular complexity index is 2220. The molecular weight excluding hydrogens is 774 g/mol. The highest BCUT2D eigenvalue weighted by molar-refractivity contribution is 7.97. The highest BCUT2D eigenvalue weighted by Gasteiger charge is 2.59. The number of hydrogen-bond donors (Lipinski definition) is 0. The van der Waals surface area contributed by atoms with Crippen molar-refractivity contribution in [3.63, 3.8) is 0 Å². The van der Waals surface area contributed by atoms with Gasteiger partial charge in [0.2, 0.25) is 5.78 Å². The van der Waals surface area contributed by atoms with E-state index < -0.39 is 29.7 Å². The van der Waals surface area contributed by atoms with E-state index >= 15 is 9.59 Å². The molecule has 8 atom stereocenters. The summed E-state index contributed by atoms with van der Waals surface area (Å²) in [4.78, 5) is 42.2. The largest absolute Gasteiger partial charge is 0.458 e. The molecule has 6 nitrogen and oxygen atoms in total. The third kappa shape index (κ3) is 7.92. The number of carbonyl (C=O) groups is 2. The lowest BCUT2D eigenvalue weighted by molar-refractivity contribution is -0.384. The summed E-state index contributed by atoms with van der Waals surface area (Å²) in [6.07, 6.45) is 14.9. The van der Waals surface area contributed by atoms with Crippen molar-refractivity contribution in [2.45, 2.75) is 111 Å². The van der Waals surface area contributed by atoms with Gasteiger partial charge in [-0.2, -0.15) is 0 Å². The minimum absolute atomic E-state index is 0.0309. The van der Waals surface area contributed by atoms with E-state index in [9.17, 15) is 10.1 Å². The lowest BCUT2D eigenvalue weighted by Gasteiger charge is -2.58. The van der Waals surface area contributed by atoms with Crippen LogP contribution in [0.5, 0.6) is 0 Å². The summed E-state index contributed by atoms with van der Waals surface area (Å²) in [6.45, 7) is 9.13. The van der Waals surface area contributed by atoms with Gasteiger partial charge in [-0.05, 0) is 114 Å². The lowest BCUT2D eigenvalue weighted by Crippen LogP contribution is -2.51. The number of nitro benzene ring substituents is 1. The number of hydrogen-bond acceptors (Lipinski definition) is 5. The number of non-ortho nitro benzene ring substituents is 1. The number of benzene rings is 4. The van der Waals surface area contributed by atoms with Crippen molar-refractivity contribution in [3.05, 3.63) is 143 Å². The van der Waals surface area contributed by atoms with Crippen LogP contribution < -0.4 is 15.9 Å². The van der Waals surface area contributed by atoms with E-state index in [1.165, 1.54) is 68.7 Å². The van der Waals surface area contributed by atoms with E-state index in [4.69, 9.17) is 4.74 Å². The van der Waals surface area contributed by atoms with Crippen LogP contribution in [0.3, 0.4) is 0 Å². The molecule has 320 valence electrons. The van der Waals surface area contributed by atoms with Crippen molar-refractivity contribution in [1.82, 2.24) is 0 Å². The van der Waals surface area contributed by atoms with Crippen LogP contribution in [0.15, 0.2) is 127 Å². The average molecular weight is 838 g/mol. The number of carbonyl (C=O) groups excluding carboxylic acids is 2. The summed E-state index contributed by atoms with van der Waals surface area (Å²) in [5.41, 5.74) is 1.78. The minimum atomic E-state index is -3.24. The molecule has 4 aliphatic rings. The molecule has 0 aromatic heterocycles. The monoisotopic (exact) mass is 837 g/mol. The average Bonchev–Trinajstić information content (AvgIpc) is 3.63. The Hall–Kier alpha value is -4.54. The summed E-state index contributed by atoms with van der Waals surface area (Å²) in [5.74, 6) is 3.25. The number of allylic oxidation sites excluding steroid dienone is 1. The van der Waals surface area contributed by atoms with Crippen LogP contribution in [0.25, 0.3) is 0 Å². The van der Waals surface area contributed by atoms with Crippen LogP contribution in [0.2, 0.25) is 0 Å². The van der Waals surface area contributed by atoms with Gasteiger partial charge in [0.15, 0.2) is 0 Å². The number of rotatable bonds is 13. The van der Waals surface area contributed by atoms with E-state index in [1.54, 1.807) is 6.07 Å². The van der Waals surface area contributed by atoms with Crippen LogP contribution in [0.4, 0.5) is 5.69 Å². The molecule has 0 N–H and O–H groups in total. The molecule has 0 heterocycles. The van der Waals surface area contributed by atoms with E-state index in [1.807, 2.05) is 91.0 Å². The van der Waals surface area contributed by atoms with Gasteiger partial charge in [0.05, 0.1) is 4.92 Å². The quantitative estimate of drug-likeness (QED) is 0.0255. The molecule has 0 radical (unpaired) electrons. The SMILES string of the molecule is CC(C)CCCC(C)C1CCC2C3CC=C4CC(OC(=O)C(C(=O)c5cccc([N+](=O)[O-])c5)=P(c5ccccc5)(c5ccccc5)c5ccccc5)CCC4(C)C3CCC12C. The molecule has 8 rings (SSSR count). The molecule has 7 heteroatoms. The molecule has 3 fully saturated rings. The van der Waals surface area contributed by atoms with Crippen molar-refractivity contribution in [1.29, 1.82) is 0 Å².